The van der Waals surface area contributed by atoms with E-state index in [2.05, 4.69) is 21.2 Å². The quantitative estimate of drug-likeness (QED) is 0.772. The minimum Gasteiger partial charge on any atom is -0.480 e. The van der Waals surface area contributed by atoms with Gasteiger partial charge >= 0.3 is 5.97 Å². The molecule has 17 heavy (non-hydrogen) atoms. The summed E-state index contributed by atoms with van der Waals surface area (Å²) >= 11 is 3.30. The molecule has 3 N–H and O–H groups in total. The molecule has 1 unspecified atom stereocenters. The Labute approximate surface area is 107 Å². The lowest BCUT2D eigenvalue weighted by Crippen LogP contribution is -2.43. The number of aryl methyl sites for hydroxylation is 1. The van der Waals surface area contributed by atoms with Gasteiger partial charge in [0.05, 0.1) is 6.61 Å². The average Bonchev–Trinajstić information content (AvgIpc) is 2.28. The van der Waals surface area contributed by atoms with Gasteiger partial charge in [-0.25, -0.2) is 4.79 Å². The Morgan fingerprint density at radius 1 is 1.47 bits per heavy atom. The Morgan fingerprint density at radius 3 is 2.59 bits per heavy atom. The third-order valence-corrected chi connectivity index (χ3v) is 3.10. The van der Waals surface area contributed by atoms with Crippen LogP contribution in [0.25, 0.3) is 0 Å². The van der Waals surface area contributed by atoms with Gasteiger partial charge in [0.2, 0.25) is 0 Å². The molecular formula is C11H12BrNO4. The van der Waals surface area contributed by atoms with Crippen molar-refractivity contribution in [2.45, 2.75) is 13.0 Å². The lowest BCUT2D eigenvalue weighted by Gasteiger charge is -2.12. The summed E-state index contributed by atoms with van der Waals surface area (Å²) in [5.41, 5.74) is 1.22. The fourth-order valence-corrected chi connectivity index (χ4v) is 1.46. The summed E-state index contributed by atoms with van der Waals surface area (Å²) in [6.07, 6.45) is 0. The fraction of sp³-hybridized carbons (Fsp3) is 0.273. The maximum atomic E-state index is 11.7. The van der Waals surface area contributed by atoms with Crippen molar-refractivity contribution >= 4 is 27.8 Å². The van der Waals surface area contributed by atoms with Crippen molar-refractivity contribution in [3.63, 3.8) is 0 Å². The van der Waals surface area contributed by atoms with Crippen LogP contribution < -0.4 is 5.32 Å². The number of carbonyl (C=O) groups is 2. The van der Waals surface area contributed by atoms with Crippen LogP contribution in [0, 0.1) is 6.92 Å². The molecule has 92 valence electrons. The van der Waals surface area contributed by atoms with Crippen molar-refractivity contribution < 1.29 is 19.8 Å². The molecule has 1 amide bonds. The summed E-state index contributed by atoms with van der Waals surface area (Å²) < 4.78 is 0.867. The highest BCUT2D eigenvalue weighted by molar-refractivity contribution is 9.10. The summed E-state index contributed by atoms with van der Waals surface area (Å²) in [7, 11) is 0. The molecule has 0 saturated carbocycles. The van der Waals surface area contributed by atoms with Crippen LogP contribution in [0.1, 0.15) is 15.9 Å². The first-order valence-electron chi connectivity index (χ1n) is 4.86. The predicted molar refractivity (Wildman–Crippen MR) is 64.9 cm³/mol. The van der Waals surface area contributed by atoms with Crippen LogP contribution in [-0.2, 0) is 4.79 Å². The molecule has 0 aliphatic rings. The maximum absolute atomic E-state index is 11.7. The summed E-state index contributed by atoms with van der Waals surface area (Å²) in [5.74, 6) is -1.79. The third-order valence-electron chi connectivity index (χ3n) is 2.21. The molecule has 0 aromatic heterocycles. The highest BCUT2D eigenvalue weighted by Crippen LogP contribution is 2.17. The number of aliphatic carboxylic acids is 1. The molecule has 0 bridgehead atoms. The van der Waals surface area contributed by atoms with Crippen molar-refractivity contribution in [3.05, 3.63) is 33.8 Å². The Morgan fingerprint density at radius 2 is 2.12 bits per heavy atom. The molecular weight excluding hydrogens is 290 g/mol. The van der Waals surface area contributed by atoms with E-state index in [-0.39, 0.29) is 0 Å². The number of carbonyl (C=O) groups excluding carboxylic acids is 1. The van der Waals surface area contributed by atoms with Crippen LogP contribution in [0.5, 0.6) is 0 Å². The van der Waals surface area contributed by atoms with E-state index in [4.69, 9.17) is 10.2 Å². The fourth-order valence-electron chi connectivity index (χ4n) is 1.21. The zero-order valence-corrected chi connectivity index (χ0v) is 10.7. The number of aliphatic hydroxyl groups is 1. The number of aliphatic hydroxyl groups excluding tert-OH is 1. The molecule has 0 heterocycles. The first kappa shape index (κ1) is 13.7. The number of carboxylic acids is 1. The second kappa shape index (κ2) is 5.79. The first-order valence-corrected chi connectivity index (χ1v) is 5.65. The van der Waals surface area contributed by atoms with Gasteiger partial charge in [-0.3, -0.25) is 4.79 Å². The largest absolute Gasteiger partial charge is 0.480 e. The number of hydrogen-bond acceptors (Lipinski definition) is 3. The zero-order chi connectivity index (χ0) is 13.0. The Kier molecular flexibility index (Phi) is 4.65. The Hall–Kier alpha value is -1.40. The summed E-state index contributed by atoms with van der Waals surface area (Å²) in [5, 5.41) is 19.7. The van der Waals surface area contributed by atoms with Crippen LogP contribution in [0.15, 0.2) is 22.7 Å². The summed E-state index contributed by atoms with van der Waals surface area (Å²) in [6, 6.07) is 3.63. The van der Waals surface area contributed by atoms with Crippen LogP contribution in [0.3, 0.4) is 0 Å². The smallest absolute Gasteiger partial charge is 0.328 e. The molecule has 0 aliphatic carbocycles. The minimum atomic E-state index is -1.29. The van der Waals surface area contributed by atoms with Gasteiger partial charge in [-0.2, -0.15) is 0 Å². The van der Waals surface area contributed by atoms with Crippen LogP contribution in [0.2, 0.25) is 0 Å². The molecule has 1 rings (SSSR count). The lowest BCUT2D eigenvalue weighted by molar-refractivity contribution is -0.140. The summed E-state index contributed by atoms with van der Waals surface area (Å²) in [6.45, 7) is 1.18. The molecule has 5 nitrogen and oxygen atoms in total. The highest BCUT2D eigenvalue weighted by Gasteiger charge is 2.19. The topological polar surface area (TPSA) is 86.6 Å². The van der Waals surface area contributed by atoms with Crippen molar-refractivity contribution in [1.82, 2.24) is 5.32 Å². The van der Waals surface area contributed by atoms with E-state index >= 15 is 0 Å². The van der Waals surface area contributed by atoms with Crippen molar-refractivity contribution in [1.29, 1.82) is 0 Å². The monoisotopic (exact) mass is 301 g/mol. The van der Waals surface area contributed by atoms with Crippen molar-refractivity contribution in [2.24, 2.45) is 0 Å². The number of carboxylic acid groups (broad SMARTS) is 1. The number of hydrogen-bond donors (Lipinski definition) is 3. The molecule has 1 aromatic carbocycles. The summed E-state index contributed by atoms with van der Waals surface area (Å²) in [4.78, 5) is 22.3. The molecule has 0 aliphatic heterocycles. The van der Waals surface area contributed by atoms with Gasteiger partial charge < -0.3 is 15.5 Å². The standard InChI is InChI=1S/C11H12BrNO4/c1-6-4-7(2-3-8(6)12)10(15)13-9(5-14)11(16)17/h2-4,9,14H,5H2,1H3,(H,13,15)(H,16,17). The molecule has 0 saturated heterocycles. The maximum Gasteiger partial charge on any atom is 0.328 e. The van der Waals surface area contributed by atoms with Gasteiger partial charge in [-0.05, 0) is 30.7 Å². The lowest BCUT2D eigenvalue weighted by atomic mass is 10.1. The molecule has 6 heteroatoms. The van der Waals surface area contributed by atoms with Gasteiger partial charge in [-0.1, -0.05) is 15.9 Å². The van der Waals surface area contributed by atoms with E-state index in [1.54, 1.807) is 18.2 Å². The predicted octanol–water partition coefficient (Wildman–Crippen LogP) is 0.933. The first-order chi connectivity index (χ1) is 7.95. The van der Waals surface area contributed by atoms with E-state index < -0.39 is 24.5 Å². The number of benzene rings is 1. The number of amides is 1. The van der Waals surface area contributed by atoms with Crippen LogP contribution >= 0.6 is 15.9 Å². The highest BCUT2D eigenvalue weighted by atomic mass is 79.9. The van der Waals surface area contributed by atoms with Gasteiger partial charge in [0, 0.05) is 10.0 Å². The number of nitrogens with one attached hydrogen (secondary N) is 1. The number of halogens is 1. The number of rotatable bonds is 4. The van der Waals surface area contributed by atoms with E-state index in [0.717, 1.165) is 10.0 Å². The SMILES string of the molecule is Cc1cc(C(=O)NC(CO)C(=O)O)ccc1Br. The second-order valence-electron chi connectivity index (χ2n) is 3.51. The average molecular weight is 302 g/mol. The zero-order valence-electron chi connectivity index (χ0n) is 9.11. The third kappa shape index (κ3) is 3.54. The molecule has 0 radical (unpaired) electrons. The molecule has 1 atom stereocenters. The van der Waals surface area contributed by atoms with Crippen LogP contribution in [0.4, 0.5) is 0 Å². The van der Waals surface area contributed by atoms with E-state index in [1.165, 1.54) is 0 Å². The second-order valence-corrected chi connectivity index (χ2v) is 4.37. The van der Waals surface area contributed by atoms with Crippen LogP contribution in [-0.4, -0.2) is 34.7 Å². The van der Waals surface area contributed by atoms with Gasteiger partial charge in [0.15, 0.2) is 6.04 Å². The van der Waals surface area contributed by atoms with E-state index in [0.29, 0.717) is 5.56 Å². The molecule has 0 fully saturated rings. The van der Waals surface area contributed by atoms with E-state index in [9.17, 15) is 9.59 Å². The van der Waals surface area contributed by atoms with Crippen molar-refractivity contribution in [2.75, 3.05) is 6.61 Å². The normalized spacial score (nSPS) is 11.9. The Bertz CT molecular complexity index is 447. The van der Waals surface area contributed by atoms with E-state index in [1.807, 2.05) is 6.92 Å². The van der Waals surface area contributed by atoms with Gasteiger partial charge in [0.25, 0.3) is 5.91 Å². The molecule has 0 spiro atoms. The minimum absolute atomic E-state index is 0.352. The Balaban J connectivity index is 2.82. The van der Waals surface area contributed by atoms with Crippen molar-refractivity contribution in [3.8, 4) is 0 Å². The molecule has 1 aromatic rings. The van der Waals surface area contributed by atoms with Gasteiger partial charge in [0.1, 0.15) is 0 Å². The van der Waals surface area contributed by atoms with Gasteiger partial charge in [-0.15, -0.1) is 0 Å².